The quantitative estimate of drug-likeness (QED) is 0.739. The summed E-state index contributed by atoms with van der Waals surface area (Å²) < 4.78 is 38.8. The number of hydrogen-bond acceptors (Lipinski definition) is 2. The predicted octanol–water partition coefficient (Wildman–Crippen LogP) is 4.67. The molecule has 0 amide bonds. The van der Waals surface area contributed by atoms with Gasteiger partial charge in [0.25, 0.3) is 5.56 Å². The summed E-state index contributed by atoms with van der Waals surface area (Å²) in [7, 11) is 1.06. The molecule has 0 spiro atoms. The minimum absolute atomic E-state index is 0.0440. The topological polar surface area (TPSA) is 22.0 Å². The van der Waals surface area contributed by atoms with Crippen LogP contribution in [0.3, 0.4) is 0 Å². The molecule has 8 heteroatoms. The summed E-state index contributed by atoms with van der Waals surface area (Å²) in [6.45, 7) is 0. The maximum atomic E-state index is 12.7. The summed E-state index contributed by atoms with van der Waals surface area (Å²) in [5.74, 6) is 0. The molecule has 1 aromatic heterocycles. The lowest BCUT2D eigenvalue weighted by Crippen LogP contribution is -2.26. The van der Waals surface area contributed by atoms with Gasteiger partial charge in [-0.2, -0.15) is 13.2 Å². The van der Waals surface area contributed by atoms with Crippen LogP contribution in [-0.2, 0) is 13.2 Å². The molecule has 0 saturated carbocycles. The molecule has 0 aliphatic carbocycles. The second-order valence-corrected chi connectivity index (χ2v) is 5.57. The second kappa shape index (κ2) is 5.59. The highest BCUT2D eigenvalue weighted by molar-refractivity contribution is 7.80. The number of pyridine rings is 1. The van der Waals surface area contributed by atoms with Gasteiger partial charge in [-0.15, -0.1) is 12.6 Å². The molecule has 0 saturated heterocycles. The molecule has 1 aromatic carbocycles. The van der Waals surface area contributed by atoms with Crippen molar-refractivity contribution in [1.82, 2.24) is 4.57 Å². The number of thiol groups is 1. The highest BCUT2D eigenvalue weighted by Gasteiger charge is 2.34. The van der Waals surface area contributed by atoms with Crippen LogP contribution in [0.2, 0.25) is 10.0 Å². The van der Waals surface area contributed by atoms with Crippen LogP contribution in [0.15, 0.2) is 34.0 Å². The summed E-state index contributed by atoms with van der Waals surface area (Å²) in [6, 6.07) is 4.75. The van der Waals surface area contributed by atoms with Gasteiger partial charge in [-0.1, -0.05) is 23.2 Å². The standard InChI is InChI=1S/C13H8Cl2F3NOS/c1-19-11(13(16,17)18)3-2-6(12(19)20)7-4-10(21)9(15)5-8(7)14/h2-5,21H,1H3. The van der Waals surface area contributed by atoms with Crippen molar-refractivity contribution in [3.05, 3.63) is 50.4 Å². The van der Waals surface area contributed by atoms with E-state index in [1.165, 1.54) is 12.1 Å². The highest BCUT2D eigenvalue weighted by atomic mass is 35.5. The zero-order valence-electron chi connectivity index (χ0n) is 10.5. The number of hydrogen-bond donors (Lipinski definition) is 1. The van der Waals surface area contributed by atoms with Crippen molar-refractivity contribution < 1.29 is 13.2 Å². The second-order valence-electron chi connectivity index (χ2n) is 4.28. The largest absolute Gasteiger partial charge is 0.431 e. The molecule has 0 radical (unpaired) electrons. The van der Waals surface area contributed by atoms with Crippen LogP contribution >= 0.6 is 35.8 Å². The number of aromatic nitrogens is 1. The monoisotopic (exact) mass is 353 g/mol. The Bertz CT molecular complexity index is 771. The third kappa shape index (κ3) is 3.07. The van der Waals surface area contributed by atoms with Gasteiger partial charge in [0.2, 0.25) is 0 Å². The average molecular weight is 354 g/mol. The fourth-order valence-corrected chi connectivity index (χ4v) is 2.55. The molecule has 0 bridgehead atoms. The van der Waals surface area contributed by atoms with Crippen molar-refractivity contribution in [2.24, 2.45) is 7.05 Å². The molecule has 112 valence electrons. The first kappa shape index (κ1) is 16.3. The third-order valence-corrected chi connectivity index (χ3v) is 4.05. The Kier molecular flexibility index (Phi) is 4.33. The number of halogens is 5. The van der Waals surface area contributed by atoms with Crippen molar-refractivity contribution in [1.29, 1.82) is 0 Å². The Labute approximate surface area is 133 Å². The summed E-state index contributed by atoms with van der Waals surface area (Å²) in [5, 5.41) is 0.450. The van der Waals surface area contributed by atoms with Crippen LogP contribution in [0.25, 0.3) is 11.1 Å². The molecular weight excluding hydrogens is 346 g/mol. The van der Waals surface area contributed by atoms with Crippen molar-refractivity contribution in [2.75, 3.05) is 0 Å². The molecule has 2 aromatic rings. The van der Waals surface area contributed by atoms with Gasteiger partial charge in [0.1, 0.15) is 5.69 Å². The molecule has 0 fully saturated rings. The first-order chi connectivity index (χ1) is 9.62. The molecule has 0 N–H and O–H groups in total. The first-order valence-electron chi connectivity index (χ1n) is 5.58. The first-order valence-corrected chi connectivity index (χ1v) is 6.79. The summed E-state index contributed by atoms with van der Waals surface area (Å²) in [6.07, 6.45) is -4.61. The van der Waals surface area contributed by atoms with Crippen LogP contribution in [0.4, 0.5) is 13.2 Å². The van der Waals surface area contributed by atoms with Gasteiger partial charge >= 0.3 is 6.18 Å². The fraction of sp³-hybridized carbons (Fsp3) is 0.154. The average Bonchev–Trinajstić information content (AvgIpc) is 2.36. The van der Waals surface area contributed by atoms with Gasteiger partial charge in [0, 0.05) is 23.1 Å². The highest BCUT2D eigenvalue weighted by Crippen LogP contribution is 2.34. The van der Waals surface area contributed by atoms with E-state index in [1.807, 2.05) is 0 Å². The predicted molar refractivity (Wildman–Crippen MR) is 79.4 cm³/mol. The molecule has 0 unspecified atom stereocenters. The smallest absolute Gasteiger partial charge is 0.307 e. The Hall–Kier alpha value is -1.11. The molecule has 1 heterocycles. The lowest BCUT2D eigenvalue weighted by Gasteiger charge is -2.14. The zero-order chi connectivity index (χ0) is 15.9. The normalized spacial score (nSPS) is 11.8. The number of nitrogens with zero attached hydrogens (tertiary/aromatic N) is 1. The van der Waals surface area contributed by atoms with E-state index in [9.17, 15) is 18.0 Å². The van der Waals surface area contributed by atoms with E-state index >= 15 is 0 Å². The molecule has 0 aliphatic rings. The number of alkyl halides is 3. The summed E-state index contributed by atoms with van der Waals surface area (Å²) in [4.78, 5) is 12.5. The van der Waals surface area contributed by atoms with E-state index in [-0.39, 0.29) is 21.2 Å². The van der Waals surface area contributed by atoms with E-state index in [1.54, 1.807) is 0 Å². The minimum Gasteiger partial charge on any atom is -0.307 e. The maximum absolute atomic E-state index is 12.7. The van der Waals surface area contributed by atoms with Crippen molar-refractivity contribution in [3.8, 4) is 11.1 Å². The zero-order valence-corrected chi connectivity index (χ0v) is 12.9. The number of benzene rings is 1. The molecule has 0 atom stereocenters. The maximum Gasteiger partial charge on any atom is 0.431 e. The van der Waals surface area contributed by atoms with Crippen LogP contribution in [-0.4, -0.2) is 4.57 Å². The Morgan fingerprint density at radius 3 is 2.29 bits per heavy atom. The Morgan fingerprint density at radius 1 is 1.10 bits per heavy atom. The molecule has 2 rings (SSSR count). The van der Waals surface area contributed by atoms with Crippen LogP contribution in [0, 0.1) is 0 Å². The SMILES string of the molecule is Cn1c(C(F)(F)F)ccc(-c2cc(S)c(Cl)cc2Cl)c1=O. The van der Waals surface area contributed by atoms with Gasteiger partial charge in [0.05, 0.1) is 10.0 Å². The summed E-state index contributed by atoms with van der Waals surface area (Å²) >= 11 is 15.9. The lowest BCUT2D eigenvalue weighted by atomic mass is 10.1. The third-order valence-electron chi connectivity index (χ3n) is 2.92. The number of rotatable bonds is 1. The van der Waals surface area contributed by atoms with E-state index in [0.29, 0.717) is 9.46 Å². The minimum atomic E-state index is -4.61. The van der Waals surface area contributed by atoms with Gasteiger partial charge in [-0.25, -0.2) is 0 Å². The van der Waals surface area contributed by atoms with E-state index in [2.05, 4.69) is 12.6 Å². The fourth-order valence-electron chi connectivity index (χ4n) is 1.87. The van der Waals surface area contributed by atoms with E-state index in [0.717, 1.165) is 19.2 Å². The molecule has 2 nitrogen and oxygen atoms in total. The summed E-state index contributed by atoms with van der Waals surface area (Å²) in [5.41, 5.74) is -1.52. The van der Waals surface area contributed by atoms with Crippen LogP contribution in [0.5, 0.6) is 0 Å². The Morgan fingerprint density at radius 2 is 1.71 bits per heavy atom. The molecule has 0 aliphatic heterocycles. The molecular formula is C13H8Cl2F3NOS. The van der Waals surface area contributed by atoms with E-state index < -0.39 is 17.4 Å². The van der Waals surface area contributed by atoms with Crippen molar-refractivity contribution in [2.45, 2.75) is 11.1 Å². The van der Waals surface area contributed by atoms with Crippen LogP contribution in [0.1, 0.15) is 5.69 Å². The molecule has 21 heavy (non-hydrogen) atoms. The lowest BCUT2D eigenvalue weighted by molar-refractivity contribution is -0.143. The van der Waals surface area contributed by atoms with Crippen molar-refractivity contribution >= 4 is 35.8 Å². The van der Waals surface area contributed by atoms with Gasteiger partial charge in [-0.3, -0.25) is 4.79 Å². The van der Waals surface area contributed by atoms with E-state index in [4.69, 9.17) is 23.2 Å². The van der Waals surface area contributed by atoms with Crippen molar-refractivity contribution in [3.63, 3.8) is 0 Å². The Balaban J connectivity index is 2.71. The van der Waals surface area contributed by atoms with Gasteiger partial charge in [-0.05, 0) is 24.3 Å². The van der Waals surface area contributed by atoms with Gasteiger partial charge in [0.15, 0.2) is 0 Å². The van der Waals surface area contributed by atoms with Gasteiger partial charge < -0.3 is 4.57 Å². The van der Waals surface area contributed by atoms with Crippen LogP contribution < -0.4 is 5.56 Å².